The second-order valence-electron chi connectivity index (χ2n) is 11.2. The van der Waals surface area contributed by atoms with Gasteiger partial charge in [-0.05, 0) is 80.5 Å². The van der Waals surface area contributed by atoms with E-state index in [-0.39, 0.29) is 11.8 Å². The van der Waals surface area contributed by atoms with Crippen molar-refractivity contribution in [2.24, 2.45) is 5.92 Å². The summed E-state index contributed by atoms with van der Waals surface area (Å²) >= 11 is 0. The van der Waals surface area contributed by atoms with Gasteiger partial charge in [-0.1, -0.05) is 48.5 Å². The molecule has 3 aromatic carbocycles. The molecule has 0 unspecified atom stereocenters. The number of carbonyl (C=O) groups is 2. The minimum Gasteiger partial charge on any atom is -0.379 e. The van der Waals surface area contributed by atoms with Gasteiger partial charge in [0.05, 0.1) is 18.8 Å². The van der Waals surface area contributed by atoms with Crippen molar-refractivity contribution in [2.75, 3.05) is 62.7 Å². The van der Waals surface area contributed by atoms with E-state index in [1.165, 1.54) is 5.56 Å². The van der Waals surface area contributed by atoms with E-state index in [0.717, 1.165) is 82.9 Å². The van der Waals surface area contributed by atoms with Crippen LogP contribution in [0.5, 0.6) is 0 Å². The lowest BCUT2D eigenvalue weighted by Crippen LogP contribution is -2.38. The molecule has 0 radical (unpaired) electrons. The SMILES string of the molecule is Cc1ccccc1C(=O)Nc1ccc(N2CCC(Cc3ccccc3)CC2)c(C(=O)NCCCN2CCOCC2)c1. The summed E-state index contributed by atoms with van der Waals surface area (Å²) in [5.74, 6) is 0.369. The molecule has 2 amide bonds. The number of nitrogens with one attached hydrogen (secondary N) is 2. The number of ether oxygens (including phenoxy) is 1. The van der Waals surface area contributed by atoms with E-state index in [1.54, 1.807) is 0 Å². The lowest BCUT2D eigenvalue weighted by molar-refractivity contribution is 0.0374. The van der Waals surface area contributed by atoms with Gasteiger partial charge in [0.2, 0.25) is 0 Å². The summed E-state index contributed by atoms with van der Waals surface area (Å²) in [4.78, 5) is 31.3. The summed E-state index contributed by atoms with van der Waals surface area (Å²) in [5.41, 5.74) is 5.10. The number of piperidine rings is 1. The van der Waals surface area contributed by atoms with Crippen molar-refractivity contribution in [1.82, 2.24) is 10.2 Å². The number of morpholine rings is 1. The van der Waals surface area contributed by atoms with E-state index in [9.17, 15) is 9.59 Å². The third-order valence-corrected chi connectivity index (χ3v) is 8.25. The number of amides is 2. The Morgan fingerprint density at radius 2 is 1.59 bits per heavy atom. The van der Waals surface area contributed by atoms with Crippen LogP contribution in [0.15, 0.2) is 72.8 Å². The molecular formula is C34H42N4O3. The fourth-order valence-corrected chi connectivity index (χ4v) is 5.85. The Bertz CT molecular complexity index is 1300. The van der Waals surface area contributed by atoms with Crippen LogP contribution in [0.4, 0.5) is 11.4 Å². The lowest BCUT2D eigenvalue weighted by Gasteiger charge is -2.35. The van der Waals surface area contributed by atoms with Crippen LogP contribution in [0.25, 0.3) is 0 Å². The van der Waals surface area contributed by atoms with Crippen molar-refractivity contribution >= 4 is 23.2 Å². The van der Waals surface area contributed by atoms with Crippen LogP contribution in [-0.4, -0.2) is 69.2 Å². The molecule has 0 bridgehead atoms. The maximum absolute atomic E-state index is 13.5. The van der Waals surface area contributed by atoms with Gasteiger partial charge in [0.1, 0.15) is 0 Å². The van der Waals surface area contributed by atoms with Crippen molar-refractivity contribution in [3.05, 3.63) is 95.1 Å². The molecule has 3 aromatic rings. The van der Waals surface area contributed by atoms with Crippen molar-refractivity contribution in [1.29, 1.82) is 0 Å². The van der Waals surface area contributed by atoms with Crippen molar-refractivity contribution in [2.45, 2.75) is 32.6 Å². The molecule has 2 N–H and O–H groups in total. The minimum absolute atomic E-state index is 0.0969. The van der Waals surface area contributed by atoms with E-state index >= 15 is 0 Å². The molecule has 7 nitrogen and oxygen atoms in total. The molecule has 2 heterocycles. The Morgan fingerprint density at radius 1 is 0.854 bits per heavy atom. The van der Waals surface area contributed by atoms with Crippen LogP contribution in [0.3, 0.4) is 0 Å². The predicted octanol–water partition coefficient (Wildman–Crippen LogP) is 5.16. The first-order valence-corrected chi connectivity index (χ1v) is 14.9. The molecule has 7 heteroatoms. The Hall–Kier alpha value is -3.68. The number of hydrogen-bond acceptors (Lipinski definition) is 5. The monoisotopic (exact) mass is 554 g/mol. The summed E-state index contributed by atoms with van der Waals surface area (Å²) in [5, 5.41) is 6.16. The van der Waals surface area contributed by atoms with Gasteiger partial charge in [0, 0.05) is 49.7 Å². The number of hydrogen-bond donors (Lipinski definition) is 2. The van der Waals surface area contributed by atoms with Gasteiger partial charge in [0.15, 0.2) is 0 Å². The second kappa shape index (κ2) is 14.3. The Labute approximate surface area is 243 Å². The van der Waals surface area contributed by atoms with Gasteiger partial charge in [0.25, 0.3) is 11.8 Å². The third kappa shape index (κ3) is 7.96. The first-order chi connectivity index (χ1) is 20.1. The van der Waals surface area contributed by atoms with E-state index in [4.69, 9.17) is 4.74 Å². The molecule has 5 rings (SSSR count). The molecule has 0 atom stereocenters. The molecule has 0 spiro atoms. The van der Waals surface area contributed by atoms with Gasteiger partial charge in [-0.25, -0.2) is 0 Å². The van der Waals surface area contributed by atoms with Gasteiger partial charge >= 0.3 is 0 Å². The van der Waals surface area contributed by atoms with Crippen LogP contribution >= 0.6 is 0 Å². The Kier molecular flexibility index (Phi) is 10.0. The molecule has 0 saturated carbocycles. The summed E-state index contributed by atoms with van der Waals surface area (Å²) in [7, 11) is 0. The standard InChI is InChI=1S/C34H42N4O3/c1-26-8-5-6-11-30(26)34(40)36-29-12-13-32(38-18-14-28(15-19-38)24-27-9-3-2-4-10-27)31(25-29)33(39)35-16-7-17-37-20-22-41-23-21-37/h2-6,8-13,25,28H,7,14-24H2,1H3,(H,35,39)(H,36,40). The van der Waals surface area contributed by atoms with E-state index < -0.39 is 0 Å². The smallest absolute Gasteiger partial charge is 0.255 e. The van der Waals surface area contributed by atoms with Gasteiger partial charge in [-0.2, -0.15) is 0 Å². The molecular weight excluding hydrogens is 512 g/mol. The quantitative estimate of drug-likeness (QED) is 0.339. The highest BCUT2D eigenvalue weighted by molar-refractivity contribution is 6.07. The molecule has 2 aliphatic rings. The molecule has 0 aliphatic carbocycles. The normalized spacial score (nSPS) is 16.4. The van der Waals surface area contributed by atoms with Gasteiger partial charge in [-0.15, -0.1) is 0 Å². The number of aryl methyl sites for hydroxylation is 1. The first kappa shape index (κ1) is 28.8. The maximum atomic E-state index is 13.5. The largest absolute Gasteiger partial charge is 0.379 e. The minimum atomic E-state index is -0.172. The zero-order chi connectivity index (χ0) is 28.4. The number of rotatable bonds is 10. The van der Waals surface area contributed by atoms with Gasteiger partial charge < -0.3 is 20.3 Å². The van der Waals surface area contributed by atoms with E-state index in [0.29, 0.717) is 29.3 Å². The molecule has 2 saturated heterocycles. The molecule has 41 heavy (non-hydrogen) atoms. The average molecular weight is 555 g/mol. The molecule has 216 valence electrons. The van der Waals surface area contributed by atoms with Crippen LogP contribution in [-0.2, 0) is 11.2 Å². The third-order valence-electron chi connectivity index (χ3n) is 8.25. The zero-order valence-electron chi connectivity index (χ0n) is 24.1. The van der Waals surface area contributed by atoms with Crippen LogP contribution < -0.4 is 15.5 Å². The van der Waals surface area contributed by atoms with Crippen LogP contribution in [0.2, 0.25) is 0 Å². The summed E-state index contributed by atoms with van der Waals surface area (Å²) in [6, 6.07) is 24.0. The topological polar surface area (TPSA) is 73.9 Å². The Balaban J connectivity index is 1.26. The highest BCUT2D eigenvalue weighted by Gasteiger charge is 2.24. The van der Waals surface area contributed by atoms with Crippen molar-refractivity contribution < 1.29 is 14.3 Å². The Morgan fingerprint density at radius 3 is 2.34 bits per heavy atom. The zero-order valence-corrected chi connectivity index (χ0v) is 24.1. The molecule has 2 aliphatic heterocycles. The molecule has 0 aromatic heterocycles. The lowest BCUT2D eigenvalue weighted by atomic mass is 9.89. The number of nitrogens with zero attached hydrogens (tertiary/aromatic N) is 2. The first-order valence-electron chi connectivity index (χ1n) is 14.9. The molecule has 2 fully saturated rings. The summed E-state index contributed by atoms with van der Waals surface area (Å²) in [6.45, 7) is 8.73. The van der Waals surface area contributed by atoms with Crippen LogP contribution in [0.1, 0.15) is 51.1 Å². The number of benzene rings is 3. The highest BCUT2D eigenvalue weighted by atomic mass is 16.5. The number of carbonyl (C=O) groups excluding carboxylic acids is 2. The predicted molar refractivity (Wildman–Crippen MR) is 165 cm³/mol. The highest BCUT2D eigenvalue weighted by Crippen LogP contribution is 2.30. The van der Waals surface area contributed by atoms with Gasteiger partial charge in [-0.3, -0.25) is 14.5 Å². The average Bonchev–Trinajstić information content (AvgIpc) is 3.01. The summed E-state index contributed by atoms with van der Waals surface area (Å²) < 4.78 is 5.44. The summed E-state index contributed by atoms with van der Waals surface area (Å²) in [6.07, 6.45) is 4.15. The van der Waals surface area contributed by atoms with Crippen molar-refractivity contribution in [3.63, 3.8) is 0 Å². The van der Waals surface area contributed by atoms with E-state index in [1.807, 2.05) is 49.4 Å². The maximum Gasteiger partial charge on any atom is 0.255 e. The van der Waals surface area contributed by atoms with Crippen molar-refractivity contribution in [3.8, 4) is 0 Å². The van der Waals surface area contributed by atoms with Crippen LogP contribution in [0, 0.1) is 12.8 Å². The fourth-order valence-electron chi connectivity index (χ4n) is 5.85. The number of anilines is 2. The second-order valence-corrected chi connectivity index (χ2v) is 11.2. The van der Waals surface area contributed by atoms with E-state index in [2.05, 4.69) is 50.8 Å². The fraction of sp³-hybridized carbons (Fsp3) is 0.412.